The number of aromatic hydroxyl groups is 1. The zero-order valence-corrected chi connectivity index (χ0v) is 21.7. The van der Waals surface area contributed by atoms with Gasteiger partial charge in [-0.2, -0.15) is 11.8 Å². The molecule has 0 radical (unpaired) electrons. The summed E-state index contributed by atoms with van der Waals surface area (Å²) in [7, 11) is 0. The summed E-state index contributed by atoms with van der Waals surface area (Å²) < 4.78 is 0. The third-order valence-electron chi connectivity index (χ3n) is 5.31. The zero-order chi connectivity index (χ0) is 28.8. The molecular weight excluding hydrogens is 520 g/mol. The number of amides is 5. The topological polar surface area (TPSA) is 257 Å². The Morgan fingerprint density at radius 2 is 1.39 bits per heavy atom. The van der Waals surface area contributed by atoms with E-state index in [0.29, 0.717) is 11.3 Å². The first-order chi connectivity index (χ1) is 17.8. The van der Waals surface area contributed by atoms with Gasteiger partial charge in [0.05, 0.1) is 12.5 Å². The molecule has 1 aromatic carbocycles. The molecule has 0 heterocycles. The molecule has 4 atom stereocenters. The molecule has 0 saturated heterocycles. The smallest absolute Gasteiger partial charge is 0.326 e. The molecule has 0 aromatic heterocycles. The molecule has 5 amide bonds. The fraction of sp³-hybridized carbons (Fsp3) is 0.478. The minimum Gasteiger partial charge on any atom is -0.508 e. The summed E-state index contributed by atoms with van der Waals surface area (Å²) in [5.41, 5.74) is 16.5. The van der Waals surface area contributed by atoms with Crippen molar-refractivity contribution in [2.24, 2.45) is 17.2 Å². The van der Waals surface area contributed by atoms with Gasteiger partial charge in [-0.25, -0.2) is 4.79 Å². The highest BCUT2D eigenvalue weighted by molar-refractivity contribution is 7.98. The van der Waals surface area contributed by atoms with Crippen molar-refractivity contribution < 1.29 is 39.0 Å². The fourth-order valence-electron chi connectivity index (χ4n) is 3.24. The lowest BCUT2D eigenvalue weighted by Gasteiger charge is -2.25. The third kappa shape index (κ3) is 11.9. The van der Waals surface area contributed by atoms with Crippen molar-refractivity contribution in [2.45, 2.75) is 56.3 Å². The first-order valence-electron chi connectivity index (χ1n) is 11.6. The van der Waals surface area contributed by atoms with Crippen LogP contribution in [0.1, 0.15) is 31.2 Å². The Morgan fingerprint density at radius 3 is 1.92 bits per heavy atom. The van der Waals surface area contributed by atoms with Crippen LogP contribution in [0.25, 0.3) is 0 Å². The van der Waals surface area contributed by atoms with Crippen LogP contribution in [0, 0.1) is 0 Å². The standard InChI is InChI=1S/C23H34N6O8S/c1-38-9-8-15(21(34)29-17(23(36)37)10-12-2-4-13(30)5-3-12)27-22(35)16(11-19(26)32)28-20(33)14(24)6-7-18(25)31/h2-5,14-17,30H,6-11,24H2,1H3,(H2,25,31)(H2,26,32)(H,27,35)(H,28,33)(H,29,34)(H,36,37). The number of nitrogens with one attached hydrogen (secondary N) is 3. The summed E-state index contributed by atoms with van der Waals surface area (Å²) in [5, 5.41) is 26.1. The first-order valence-corrected chi connectivity index (χ1v) is 13.0. The Kier molecular flexibility index (Phi) is 13.6. The first kappa shape index (κ1) is 32.2. The van der Waals surface area contributed by atoms with E-state index in [0.717, 1.165) is 0 Å². The minimum absolute atomic E-state index is 0.00376. The molecule has 1 aromatic rings. The van der Waals surface area contributed by atoms with Gasteiger partial charge in [-0.05, 0) is 42.5 Å². The van der Waals surface area contributed by atoms with E-state index in [4.69, 9.17) is 17.2 Å². The highest BCUT2D eigenvalue weighted by atomic mass is 32.2. The average Bonchev–Trinajstić information content (AvgIpc) is 2.84. The van der Waals surface area contributed by atoms with Crippen molar-refractivity contribution in [3.63, 3.8) is 0 Å². The molecule has 0 bridgehead atoms. The van der Waals surface area contributed by atoms with Gasteiger partial charge in [0.15, 0.2) is 0 Å². The van der Waals surface area contributed by atoms with Crippen molar-refractivity contribution in [3.8, 4) is 5.75 Å². The van der Waals surface area contributed by atoms with Gasteiger partial charge < -0.3 is 43.4 Å². The number of aliphatic carboxylic acids is 1. The van der Waals surface area contributed by atoms with Gasteiger partial charge in [-0.1, -0.05) is 12.1 Å². The van der Waals surface area contributed by atoms with Gasteiger partial charge in [0.25, 0.3) is 0 Å². The summed E-state index contributed by atoms with van der Waals surface area (Å²) in [6.45, 7) is 0. The van der Waals surface area contributed by atoms with Crippen LogP contribution in [0.3, 0.4) is 0 Å². The molecule has 0 aliphatic carbocycles. The fourth-order valence-corrected chi connectivity index (χ4v) is 3.71. The van der Waals surface area contributed by atoms with E-state index in [-0.39, 0.29) is 31.4 Å². The van der Waals surface area contributed by atoms with E-state index in [1.807, 2.05) is 0 Å². The number of rotatable bonds is 17. The number of carboxylic acids is 1. The van der Waals surface area contributed by atoms with Crippen molar-refractivity contribution in [3.05, 3.63) is 29.8 Å². The van der Waals surface area contributed by atoms with Gasteiger partial charge in [-0.3, -0.25) is 24.0 Å². The Labute approximate surface area is 223 Å². The van der Waals surface area contributed by atoms with Crippen LogP contribution in [0.5, 0.6) is 5.75 Å². The molecule has 0 spiro atoms. The van der Waals surface area contributed by atoms with Crippen molar-refractivity contribution in [2.75, 3.05) is 12.0 Å². The van der Waals surface area contributed by atoms with Crippen molar-refractivity contribution in [1.29, 1.82) is 0 Å². The normalized spacial score (nSPS) is 13.8. The Hall–Kier alpha value is -3.85. The molecule has 38 heavy (non-hydrogen) atoms. The average molecular weight is 555 g/mol. The molecule has 4 unspecified atom stereocenters. The van der Waals surface area contributed by atoms with Crippen LogP contribution in [0.4, 0.5) is 0 Å². The molecule has 0 aliphatic rings. The Bertz CT molecular complexity index is 1010. The predicted octanol–water partition coefficient (Wildman–Crippen LogP) is -2.30. The van der Waals surface area contributed by atoms with E-state index in [2.05, 4.69) is 16.0 Å². The minimum atomic E-state index is -1.48. The number of carboxylic acid groups (broad SMARTS) is 1. The molecule has 0 saturated carbocycles. The number of primary amides is 2. The maximum absolute atomic E-state index is 13.0. The number of phenolic OH excluding ortho intramolecular Hbond substituents is 1. The van der Waals surface area contributed by atoms with E-state index >= 15 is 0 Å². The third-order valence-corrected chi connectivity index (χ3v) is 5.96. The second-order valence-electron chi connectivity index (χ2n) is 8.46. The maximum atomic E-state index is 13.0. The van der Waals surface area contributed by atoms with E-state index in [1.165, 1.54) is 36.0 Å². The molecule has 1 rings (SSSR count). The predicted molar refractivity (Wildman–Crippen MR) is 138 cm³/mol. The van der Waals surface area contributed by atoms with Crippen LogP contribution in [0.2, 0.25) is 0 Å². The summed E-state index contributed by atoms with van der Waals surface area (Å²) in [5.74, 6) is -5.03. The molecule has 15 heteroatoms. The number of benzene rings is 1. The van der Waals surface area contributed by atoms with Gasteiger partial charge in [0, 0.05) is 12.8 Å². The lowest BCUT2D eigenvalue weighted by Crippen LogP contribution is -2.58. The number of phenols is 1. The lowest BCUT2D eigenvalue weighted by atomic mass is 10.0. The van der Waals surface area contributed by atoms with Crippen molar-refractivity contribution >= 4 is 47.3 Å². The zero-order valence-electron chi connectivity index (χ0n) is 20.8. The molecule has 0 aliphatic heterocycles. The number of hydrogen-bond acceptors (Lipinski definition) is 9. The quantitative estimate of drug-likeness (QED) is 0.102. The van der Waals surface area contributed by atoms with Crippen molar-refractivity contribution in [1.82, 2.24) is 16.0 Å². The van der Waals surface area contributed by atoms with Crippen LogP contribution in [-0.4, -0.2) is 81.9 Å². The van der Waals surface area contributed by atoms with Crippen LogP contribution in [0.15, 0.2) is 24.3 Å². The summed E-state index contributed by atoms with van der Waals surface area (Å²) in [6.07, 6.45) is 0.921. The molecule has 14 nitrogen and oxygen atoms in total. The van der Waals surface area contributed by atoms with Gasteiger partial charge in [-0.15, -0.1) is 0 Å². The number of carbonyl (C=O) groups excluding carboxylic acids is 5. The van der Waals surface area contributed by atoms with E-state index < -0.39 is 66.1 Å². The van der Waals surface area contributed by atoms with Crippen LogP contribution >= 0.6 is 11.8 Å². The second-order valence-corrected chi connectivity index (χ2v) is 9.44. The second kappa shape index (κ2) is 16.1. The number of thioether (sulfide) groups is 1. The SMILES string of the molecule is CSCCC(NC(=O)C(CC(N)=O)NC(=O)C(N)CCC(N)=O)C(=O)NC(Cc1ccc(O)cc1)C(=O)O. The van der Waals surface area contributed by atoms with E-state index in [9.17, 15) is 39.0 Å². The van der Waals surface area contributed by atoms with Gasteiger partial charge in [0.1, 0.15) is 23.9 Å². The highest BCUT2D eigenvalue weighted by Gasteiger charge is 2.31. The molecule has 210 valence electrons. The van der Waals surface area contributed by atoms with Gasteiger partial charge >= 0.3 is 5.97 Å². The number of hydrogen-bond donors (Lipinski definition) is 8. The van der Waals surface area contributed by atoms with Crippen LogP contribution < -0.4 is 33.2 Å². The summed E-state index contributed by atoms with van der Waals surface area (Å²) in [4.78, 5) is 72.5. The number of carbonyl (C=O) groups is 6. The maximum Gasteiger partial charge on any atom is 0.326 e. The van der Waals surface area contributed by atoms with E-state index in [1.54, 1.807) is 6.26 Å². The Morgan fingerprint density at radius 1 is 0.842 bits per heavy atom. The summed E-state index contributed by atoms with van der Waals surface area (Å²) in [6, 6.07) is 0.562. The summed E-state index contributed by atoms with van der Waals surface area (Å²) >= 11 is 1.38. The number of nitrogens with two attached hydrogens (primary N) is 3. The molecular formula is C23H34N6O8S. The van der Waals surface area contributed by atoms with Gasteiger partial charge in [0.2, 0.25) is 29.5 Å². The molecule has 0 fully saturated rings. The lowest BCUT2D eigenvalue weighted by molar-refractivity contribution is -0.142. The largest absolute Gasteiger partial charge is 0.508 e. The Balaban J connectivity index is 2.99. The van der Waals surface area contributed by atoms with Crippen LogP contribution in [-0.2, 0) is 35.2 Å². The highest BCUT2D eigenvalue weighted by Crippen LogP contribution is 2.12. The monoisotopic (exact) mass is 554 g/mol. The molecule has 11 N–H and O–H groups in total.